The van der Waals surface area contributed by atoms with Crippen LogP contribution in [0, 0.1) is 0 Å². The number of nitrogens with zero attached hydrogens (tertiary/aromatic N) is 2. The van der Waals surface area contributed by atoms with Crippen molar-refractivity contribution < 1.29 is 0 Å². The zero-order chi connectivity index (χ0) is 9.97. The van der Waals surface area contributed by atoms with Gasteiger partial charge < -0.3 is 10.3 Å². The van der Waals surface area contributed by atoms with E-state index in [1.54, 1.807) is 0 Å². The normalized spacial score (nSPS) is 10.9. The van der Waals surface area contributed by atoms with Gasteiger partial charge in [0.15, 0.2) is 0 Å². The summed E-state index contributed by atoms with van der Waals surface area (Å²) >= 11 is 4.10. The molecule has 0 saturated heterocycles. The molecule has 0 amide bonds. The molecule has 0 fully saturated rings. The van der Waals surface area contributed by atoms with Crippen molar-refractivity contribution in [3.63, 3.8) is 0 Å². The second-order valence-electron chi connectivity index (χ2n) is 2.94. The summed E-state index contributed by atoms with van der Waals surface area (Å²) in [5, 5.41) is 0. The number of nitrogens with two attached hydrogens (primary N) is 1. The lowest BCUT2D eigenvalue weighted by Crippen LogP contribution is -2.04. The molecule has 0 atom stereocenters. The average molecular weight is 225 g/mol. The van der Waals surface area contributed by atoms with Crippen molar-refractivity contribution in [2.24, 2.45) is 0 Å². The van der Waals surface area contributed by atoms with Crippen molar-refractivity contribution in [3.05, 3.63) is 24.3 Å². The molecule has 0 bridgehead atoms. The summed E-state index contributed by atoms with van der Waals surface area (Å²) in [7, 11) is 1.51. The van der Waals surface area contributed by atoms with E-state index in [1.807, 2.05) is 28.8 Å². The van der Waals surface area contributed by atoms with Crippen molar-refractivity contribution in [1.82, 2.24) is 9.55 Å². The highest BCUT2D eigenvalue weighted by atomic mass is 33.1. The van der Waals surface area contributed by atoms with E-state index in [1.165, 1.54) is 10.8 Å². The van der Waals surface area contributed by atoms with E-state index in [0.717, 1.165) is 23.3 Å². The molecule has 5 heteroatoms. The number of nitrogen functional groups attached to an aromatic ring is 1. The van der Waals surface area contributed by atoms with Gasteiger partial charge in [0.25, 0.3) is 0 Å². The maximum absolute atomic E-state index is 5.81. The molecule has 0 aliphatic rings. The van der Waals surface area contributed by atoms with Gasteiger partial charge in [-0.1, -0.05) is 22.9 Å². The molecule has 0 aliphatic carbocycles. The topological polar surface area (TPSA) is 43.8 Å². The van der Waals surface area contributed by atoms with Crippen molar-refractivity contribution in [3.8, 4) is 0 Å². The van der Waals surface area contributed by atoms with Gasteiger partial charge in [-0.2, -0.15) is 0 Å². The number of anilines is 1. The van der Waals surface area contributed by atoms with Gasteiger partial charge in [0.2, 0.25) is 5.95 Å². The Balaban J connectivity index is 2.45. The highest BCUT2D eigenvalue weighted by Gasteiger charge is 2.05. The Labute approximate surface area is 91.5 Å². The van der Waals surface area contributed by atoms with Crippen LogP contribution in [-0.2, 0) is 6.54 Å². The van der Waals surface area contributed by atoms with Gasteiger partial charge in [-0.3, -0.25) is 0 Å². The first kappa shape index (κ1) is 9.73. The van der Waals surface area contributed by atoms with Gasteiger partial charge in [-0.05, 0) is 12.1 Å². The molecule has 14 heavy (non-hydrogen) atoms. The number of para-hydroxylation sites is 2. The number of aryl methyl sites for hydroxylation is 1. The SMILES string of the molecule is Nc1nc2ccccc2n1CCSS. The second kappa shape index (κ2) is 4.14. The summed E-state index contributed by atoms with van der Waals surface area (Å²) in [6.07, 6.45) is 0. The van der Waals surface area contributed by atoms with Crippen molar-refractivity contribution in [2.45, 2.75) is 6.54 Å². The molecule has 0 unspecified atom stereocenters. The van der Waals surface area contributed by atoms with E-state index >= 15 is 0 Å². The number of thiol groups is 1. The molecule has 3 nitrogen and oxygen atoms in total. The smallest absolute Gasteiger partial charge is 0.201 e. The van der Waals surface area contributed by atoms with Crippen molar-refractivity contribution in [2.75, 3.05) is 11.5 Å². The number of hydrogen-bond donors (Lipinski definition) is 2. The molecule has 0 spiro atoms. The van der Waals surface area contributed by atoms with Crippen LogP contribution in [0.1, 0.15) is 0 Å². The molecule has 0 radical (unpaired) electrons. The monoisotopic (exact) mass is 225 g/mol. The van der Waals surface area contributed by atoms with Gasteiger partial charge in [0, 0.05) is 12.3 Å². The molecule has 0 aliphatic heterocycles. The molecular formula is C9H11N3S2. The van der Waals surface area contributed by atoms with Crippen LogP contribution in [-0.4, -0.2) is 15.3 Å². The standard InChI is InChI=1S/C9H11N3S2/c10-9-11-7-3-1-2-4-8(7)12(9)5-6-14-13/h1-4,13H,5-6H2,(H2,10,11). The Kier molecular flexibility index (Phi) is 2.88. The van der Waals surface area contributed by atoms with E-state index in [2.05, 4.69) is 16.6 Å². The molecule has 1 aromatic heterocycles. The summed E-state index contributed by atoms with van der Waals surface area (Å²) in [4.78, 5) is 4.27. The van der Waals surface area contributed by atoms with Crippen LogP contribution in [0.2, 0.25) is 0 Å². The van der Waals surface area contributed by atoms with Gasteiger partial charge >= 0.3 is 0 Å². The predicted octanol–water partition coefficient (Wildman–Crippen LogP) is 2.20. The Morgan fingerprint density at radius 2 is 2.21 bits per heavy atom. The summed E-state index contributed by atoms with van der Waals surface area (Å²) in [6, 6.07) is 7.96. The minimum absolute atomic E-state index is 0.577. The number of rotatable bonds is 3. The van der Waals surface area contributed by atoms with Gasteiger partial charge in [0.05, 0.1) is 11.0 Å². The van der Waals surface area contributed by atoms with E-state index in [0.29, 0.717) is 5.95 Å². The number of aromatic nitrogens is 2. The lowest BCUT2D eigenvalue weighted by Gasteiger charge is -2.03. The summed E-state index contributed by atoms with van der Waals surface area (Å²) in [5.41, 5.74) is 7.85. The Morgan fingerprint density at radius 3 is 3.00 bits per heavy atom. The maximum Gasteiger partial charge on any atom is 0.201 e. The first-order valence-electron chi connectivity index (χ1n) is 4.30. The Morgan fingerprint density at radius 1 is 1.43 bits per heavy atom. The zero-order valence-electron chi connectivity index (χ0n) is 7.55. The molecule has 2 N–H and O–H groups in total. The minimum atomic E-state index is 0.577. The quantitative estimate of drug-likeness (QED) is 0.621. The third-order valence-corrected chi connectivity index (χ3v) is 3.00. The zero-order valence-corrected chi connectivity index (χ0v) is 9.26. The molecule has 2 aromatic rings. The molecule has 0 saturated carbocycles. The van der Waals surface area contributed by atoms with E-state index in [-0.39, 0.29) is 0 Å². The van der Waals surface area contributed by atoms with Crippen LogP contribution < -0.4 is 5.73 Å². The van der Waals surface area contributed by atoms with Crippen LogP contribution in [0.25, 0.3) is 11.0 Å². The Hall–Kier alpha value is -0.810. The highest BCUT2D eigenvalue weighted by molar-refractivity contribution is 8.68. The van der Waals surface area contributed by atoms with Crippen LogP contribution in [0.5, 0.6) is 0 Å². The lowest BCUT2D eigenvalue weighted by atomic mass is 10.3. The van der Waals surface area contributed by atoms with Gasteiger partial charge in [-0.15, -0.1) is 11.7 Å². The fourth-order valence-electron chi connectivity index (χ4n) is 1.46. The second-order valence-corrected chi connectivity index (χ2v) is 4.38. The third-order valence-electron chi connectivity index (χ3n) is 2.09. The summed E-state index contributed by atoms with van der Waals surface area (Å²) in [5.74, 6) is 1.50. The first-order valence-corrected chi connectivity index (χ1v) is 6.34. The first-order chi connectivity index (χ1) is 6.83. The van der Waals surface area contributed by atoms with Crippen LogP contribution >= 0.6 is 22.5 Å². The van der Waals surface area contributed by atoms with Crippen molar-refractivity contribution >= 4 is 39.4 Å². The number of benzene rings is 1. The molecule has 74 valence electrons. The third kappa shape index (κ3) is 1.69. The molecule has 1 heterocycles. The minimum Gasteiger partial charge on any atom is -0.369 e. The van der Waals surface area contributed by atoms with Crippen LogP contribution in [0.15, 0.2) is 24.3 Å². The van der Waals surface area contributed by atoms with Gasteiger partial charge in [-0.25, -0.2) is 4.98 Å². The number of hydrogen-bond acceptors (Lipinski definition) is 4. The van der Waals surface area contributed by atoms with E-state index in [9.17, 15) is 0 Å². The summed E-state index contributed by atoms with van der Waals surface area (Å²) in [6.45, 7) is 0.848. The Bertz CT molecular complexity index is 439. The number of fused-ring (bicyclic) bond motifs is 1. The summed E-state index contributed by atoms with van der Waals surface area (Å²) < 4.78 is 2.01. The molecular weight excluding hydrogens is 214 g/mol. The molecule has 2 rings (SSSR count). The lowest BCUT2D eigenvalue weighted by molar-refractivity contribution is 0.811. The predicted molar refractivity (Wildman–Crippen MR) is 65.6 cm³/mol. The fourth-order valence-corrected chi connectivity index (χ4v) is 1.97. The van der Waals surface area contributed by atoms with E-state index in [4.69, 9.17) is 5.73 Å². The molecule has 1 aromatic carbocycles. The van der Waals surface area contributed by atoms with E-state index < -0.39 is 0 Å². The van der Waals surface area contributed by atoms with Crippen molar-refractivity contribution in [1.29, 1.82) is 0 Å². The largest absolute Gasteiger partial charge is 0.369 e. The fraction of sp³-hybridized carbons (Fsp3) is 0.222. The van der Waals surface area contributed by atoms with Crippen LogP contribution in [0.3, 0.4) is 0 Å². The highest BCUT2D eigenvalue weighted by Crippen LogP contribution is 2.18. The average Bonchev–Trinajstić information content (AvgIpc) is 2.51. The van der Waals surface area contributed by atoms with Crippen LogP contribution in [0.4, 0.5) is 5.95 Å². The maximum atomic E-state index is 5.81. The number of imidazole rings is 1. The van der Waals surface area contributed by atoms with Gasteiger partial charge in [0.1, 0.15) is 0 Å².